The summed E-state index contributed by atoms with van der Waals surface area (Å²) in [6.07, 6.45) is 2.18. The molecular weight excluding hydrogens is 286 g/mol. The highest BCUT2D eigenvalue weighted by Crippen LogP contribution is 2.30. The molecule has 2 aliphatic heterocycles. The van der Waals surface area contributed by atoms with Crippen molar-refractivity contribution in [3.05, 3.63) is 11.3 Å². The van der Waals surface area contributed by atoms with Crippen LogP contribution in [0.25, 0.3) is 0 Å². The first-order valence-corrected chi connectivity index (χ1v) is 7.85. The highest BCUT2D eigenvalue weighted by molar-refractivity contribution is 7.80. The number of nitrogens with one attached hydrogen (secondary N) is 1. The number of nitrogens with zero attached hydrogens (tertiary/aromatic N) is 2. The molecule has 2 heterocycles. The topological polar surface area (TPSA) is 65.4 Å². The van der Waals surface area contributed by atoms with Gasteiger partial charge in [0, 0.05) is 18.8 Å². The van der Waals surface area contributed by atoms with Crippen molar-refractivity contribution in [1.29, 1.82) is 5.26 Å². The van der Waals surface area contributed by atoms with Crippen molar-refractivity contribution in [1.82, 2.24) is 10.2 Å². The lowest BCUT2D eigenvalue weighted by Gasteiger charge is -2.31. The number of amides is 1. The number of carbonyl (C=O) groups excluding carboxylic acids is 1. The van der Waals surface area contributed by atoms with Gasteiger partial charge in [0.05, 0.1) is 17.4 Å². The number of rotatable bonds is 0. The minimum absolute atomic E-state index is 0.123. The van der Waals surface area contributed by atoms with E-state index in [1.54, 1.807) is 4.90 Å². The van der Waals surface area contributed by atoms with Crippen LogP contribution in [0.4, 0.5) is 4.79 Å². The third-order valence-corrected chi connectivity index (χ3v) is 4.14. The third-order valence-electron chi connectivity index (χ3n) is 3.65. The zero-order valence-corrected chi connectivity index (χ0v) is 13.7. The SMILES string of the molecule is CC(C)(C)OC(=O)N1CCCC2=C(CC(C#N)[C@@H](S)N2)C1. The second-order valence-corrected chi connectivity index (χ2v) is 7.17. The molecule has 0 radical (unpaired) electrons. The van der Waals surface area contributed by atoms with Crippen LogP contribution in [0, 0.1) is 17.2 Å². The van der Waals surface area contributed by atoms with Gasteiger partial charge < -0.3 is 15.0 Å². The molecule has 0 aromatic carbocycles. The van der Waals surface area contributed by atoms with Crippen LogP contribution in [0.1, 0.15) is 40.0 Å². The largest absolute Gasteiger partial charge is 0.444 e. The highest BCUT2D eigenvalue weighted by atomic mass is 32.1. The van der Waals surface area contributed by atoms with Crippen LogP contribution in [0.5, 0.6) is 0 Å². The molecule has 0 aromatic rings. The second kappa shape index (κ2) is 6.18. The van der Waals surface area contributed by atoms with Crippen LogP contribution in [0.2, 0.25) is 0 Å². The average molecular weight is 309 g/mol. The summed E-state index contributed by atoms with van der Waals surface area (Å²) in [5, 5.41) is 12.4. The van der Waals surface area contributed by atoms with Crippen molar-refractivity contribution in [2.75, 3.05) is 13.1 Å². The average Bonchev–Trinajstić information content (AvgIpc) is 2.57. The van der Waals surface area contributed by atoms with E-state index in [9.17, 15) is 10.1 Å². The van der Waals surface area contributed by atoms with Crippen LogP contribution in [-0.4, -0.2) is 35.1 Å². The monoisotopic (exact) mass is 309 g/mol. The van der Waals surface area contributed by atoms with Gasteiger partial charge >= 0.3 is 6.09 Å². The molecule has 5 nitrogen and oxygen atoms in total. The van der Waals surface area contributed by atoms with Crippen molar-refractivity contribution in [2.24, 2.45) is 5.92 Å². The molecule has 0 aliphatic carbocycles. The summed E-state index contributed by atoms with van der Waals surface area (Å²) >= 11 is 4.43. The smallest absolute Gasteiger partial charge is 0.410 e. The molecule has 1 N–H and O–H groups in total. The zero-order valence-electron chi connectivity index (χ0n) is 12.8. The Morgan fingerprint density at radius 1 is 1.52 bits per heavy atom. The maximum absolute atomic E-state index is 12.2. The predicted octanol–water partition coefficient (Wildman–Crippen LogP) is 2.66. The first-order chi connectivity index (χ1) is 9.80. The van der Waals surface area contributed by atoms with E-state index in [0.717, 1.165) is 24.1 Å². The standard InChI is InChI=1S/C15H23N3O2S/c1-15(2,3)20-14(19)18-6-4-5-12-11(9-18)7-10(8-16)13(21)17-12/h10,13,17,21H,4-7,9H2,1-3H3/t10?,13-/m1/s1. The van der Waals surface area contributed by atoms with E-state index in [2.05, 4.69) is 24.0 Å². The molecule has 2 aliphatic rings. The van der Waals surface area contributed by atoms with Crippen LogP contribution < -0.4 is 5.32 Å². The summed E-state index contributed by atoms with van der Waals surface area (Å²) < 4.78 is 5.45. The molecular formula is C15H23N3O2S. The number of nitriles is 1. The third kappa shape index (κ3) is 4.07. The summed E-state index contributed by atoms with van der Waals surface area (Å²) in [5.41, 5.74) is 1.79. The fourth-order valence-corrected chi connectivity index (χ4v) is 2.97. The van der Waals surface area contributed by atoms with Crippen molar-refractivity contribution in [3.8, 4) is 6.07 Å². The molecule has 21 heavy (non-hydrogen) atoms. The van der Waals surface area contributed by atoms with Crippen molar-refractivity contribution >= 4 is 18.7 Å². The molecule has 0 saturated carbocycles. The van der Waals surface area contributed by atoms with E-state index in [1.165, 1.54) is 0 Å². The normalized spacial score (nSPS) is 26.3. The Morgan fingerprint density at radius 3 is 2.86 bits per heavy atom. The molecule has 0 spiro atoms. The molecule has 0 bridgehead atoms. The highest BCUT2D eigenvalue weighted by Gasteiger charge is 2.31. The van der Waals surface area contributed by atoms with Gasteiger partial charge in [0.1, 0.15) is 5.60 Å². The van der Waals surface area contributed by atoms with E-state index in [-0.39, 0.29) is 17.4 Å². The van der Waals surface area contributed by atoms with Gasteiger partial charge in [0.25, 0.3) is 0 Å². The van der Waals surface area contributed by atoms with Crippen molar-refractivity contribution in [2.45, 2.75) is 51.0 Å². The van der Waals surface area contributed by atoms with E-state index in [4.69, 9.17) is 4.74 Å². The van der Waals surface area contributed by atoms with Crippen molar-refractivity contribution in [3.63, 3.8) is 0 Å². The van der Waals surface area contributed by atoms with Gasteiger partial charge in [0.15, 0.2) is 0 Å². The summed E-state index contributed by atoms with van der Waals surface area (Å²) in [5.74, 6) is -0.161. The first kappa shape index (κ1) is 16.0. The minimum Gasteiger partial charge on any atom is -0.444 e. The summed E-state index contributed by atoms with van der Waals surface area (Å²) in [7, 11) is 0. The predicted molar refractivity (Wildman–Crippen MR) is 83.7 cm³/mol. The number of ether oxygens (including phenoxy) is 1. The fraction of sp³-hybridized carbons (Fsp3) is 0.733. The van der Waals surface area contributed by atoms with Gasteiger partial charge in [-0.3, -0.25) is 0 Å². The minimum atomic E-state index is -0.489. The summed E-state index contributed by atoms with van der Waals surface area (Å²) in [6, 6.07) is 2.28. The van der Waals surface area contributed by atoms with Gasteiger partial charge in [-0.15, -0.1) is 0 Å². The fourth-order valence-electron chi connectivity index (χ4n) is 2.65. The van der Waals surface area contributed by atoms with Gasteiger partial charge in [-0.1, -0.05) is 0 Å². The molecule has 2 rings (SSSR count). The summed E-state index contributed by atoms with van der Waals surface area (Å²) in [6.45, 7) is 6.82. The maximum Gasteiger partial charge on any atom is 0.410 e. The second-order valence-electron chi connectivity index (χ2n) is 6.62. The van der Waals surface area contributed by atoms with Crippen LogP contribution in [0.3, 0.4) is 0 Å². The number of carbonyl (C=O) groups is 1. The first-order valence-electron chi connectivity index (χ1n) is 7.33. The molecule has 1 unspecified atom stereocenters. The quantitative estimate of drug-likeness (QED) is 0.675. The maximum atomic E-state index is 12.2. The van der Waals surface area contributed by atoms with Crippen LogP contribution in [0.15, 0.2) is 11.3 Å². The van der Waals surface area contributed by atoms with Gasteiger partial charge in [0.2, 0.25) is 0 Å². The van der Waals surface area contributed by atoms with Crippen molar-refractivity contribution < 1.29 is 9.53 Å². The van der Waals surface area contributed by atoms with Gasteiger partial charge in [-0.25, -0.2) is 4.79 Å². The lowest BCUT2D eigenvalue weighted by molar-refractivity contribution is 0.0267. The molecule has 116 valence electrons. The van der Waals surface area contributed by atoms with E-state index < -0.39 is 5.60 Å². The number of hydrogen-bond acceptors (Lipinski definition) is 5. The van der Waals surface area contributed by atoms with E-state index in [0.29, 0.717) is 19.5 Å². The van der Waals surface area contributed by atoms with Crippen LogP contribution >= 0.6 is 12.6 Å². The Morgan fingerprint density at radius 2 is 2.24 bits per heavy atom. The zero-order chi connectivity index (χ0) is 15.6. The summed E-state index contributed by atoms with van der Waals surface area (Å²) in [4.78, 5) is 14.0. The molecule has 0 saturated heterocycles. The van der Waals surface area contributed by atoms with Gasteiger partial charge in [-0.2, -0.15) is 17.9 Å². The number of hydrogen-bond donors (Lipinski definition) is 2. The number of allylic oxidation sites excluding steroid dienone is 1. The molecule has 2 atom stereocenters. The van der Waals surface area contributed by atoms with E-state index in [1.807, 2.05) is 20.8 Å². The lowest BCUT2D eigenvalue weighted by atomic mass is 9.93. The Bertz CT molecular complexity index is 490. The van der Waals surface area contributed by atoms with Gasteiger partial charge in [-0.05, 0) is 45.6 Å². The Labute approximate surface area is 131 Å². The Balaban J connectivity index is 2.10. The molecule has 6 heteroatoms. The van der Waals surface area contributed by atoms with Crippen LogP contribution in [-0.2, 0) is 4.74 Å². The lowest BCUT2D eigenvalue weighted by Crippen LogP contribution is -2.40. The Hall–Kier alpha value is -1.35. The molecule has 0 fully saturated rings. The number of thiol groups is 1. The molecule has 0 aromatic heterocycles. The molecule has 1 amide bonds. The van der Waals surface area contributed by atoms with E-state index >= 15 is 0 Å². The Kier molecular flexibility index (Phi) is 4.72.